The van der Waals surface area contributed by atoms with E-state index in [1.807, 2.05) is 17.0 Å². The predicted molar refractivity (Wildman–Crippen MR) is 106 cm³/mol. The number of nitrogens with one attached hydrogen (secondary N) is 1. The van der Waals surface area contributed by atoms with Crippen LogP contribution in [0.4, 0.5) is 20.4 Å². The first kappa shape index (κ1) is 19.0. The van der Waals surface area contributed by atoms with Crippen LogP contribution >= 0.6 is 0 Å². The van der Waals surface area contributed by atoms with E-state index in [1.165, 1.54) is 24.3 Å². The molecule has 1 N–H and O–H groups in total. The summed E-state index contributed by atoms with van der Waals surface area (Å²) in [5.74, 6) is 0.355. The largest absolute Gasteiger partial charge is 0.334 e. The Morgan fingerprint density at radius 3 is 2.59 bits per heavy atom. The number of hydrogen-bond donors (Lipinski definition) is 1. The van der Waals surface area contributed by atoms with Gasteiger partial charge in [-0.1, -0.05) is 18.2 Å². The second kappa shape index (κ2) is 8.34. The second-order valence-electron chi connectivity index (χ2n) is 6.98. The van der Waals surface area contributed by atoms with E-state index in [-0.39, 0.29) is 24.2 Å². The summed E-state index contributed by atoms with van der Waals surface area (Å²) in [6.45, 7) is 0.670. The zero-order chi connectivity index (χ0) is 20.2. The SMILES string of the molecule is O=C(Cc1ccc(F)cc1)N1CCC[C@@H]1c1cccc(Nc2ccc(F)cn2)n1. The number of anilines is 2. The number of amides is 1. The van der Waals surface area contributed by atoms with Crippen LogP contribution in [-0.2, 0) is 11.2 Å². The summed E-state index contributed by atoms with van der Waals surface area (Å²) in [4.78, 5) is 23.3. The number of halogens is 2. The van der Waals surface area contributed by atoms with Crippen LogP contribution in [0.2, 0.25) is 0 Å². The van der Waals surface area contributed by atoms with Gasteiger partial charge in [-0.25, -0.2) is 18.7 Å². The Hall–Kier alpha value is -3.35. The number of hydrogen-bond acceptors (Lipinski definition) is 4. The number of benzene rings is 1. The Kier molecular flexibility index (Phi) is 5.46. The highest BCUT2D eigenvalue weighted by molar-refractivity contribution is 5.79. The van der Waals surface area contributed by atoms with Crippen LogP contribution in [-0.4, -0.2) is 27.3 Å². The molecule has 1 atom stereocenters. The summed E-state index contributed by atoms with van der Waals surface area (Å²) in [5.41, 5.74) is 1.58. The molecule has 0 spiro atoms. The van der Waals surface area contributed by atoms with Crippen LogP contribution < -0.4 is 5.32 Å². The predicted octanol–water partition coefficient (Wildman–Crippen LogP) is 4.40. The summed E-state index contributed by atoms with van der Waals surface area (Å²) >= 11 is 0. The van der Waals surface area contributed by atoms with Crippen molar-refractivity contribution < 1.29 is 13.6 Å². The van der Waals surface area contributed by atoms with Crippen molar-refractivity contribution in [2.24, 2.45) is 0 Å². The minimum Gasteiger partial charge on any atom is -0.334 e. The molecule has 0 radical (unpaired) electrons. The van der Waals surface area contributed by atoms with E-state index in [1.54, 1.807) is 18.2 Å². The lowest BCUT2D eigenvalue weighted by Gasteiger charge is -2.25. The highest BCUT2D eigenvalue weighted by Gasteiger charge is 2.30. The number of likely N-dealkylation sites (tertiary alicyclic amines) is 1. The fraction of sp³-hybridized carbons (Fsp3) is 0.227. The molecular weight excluding hydrogens is 374 g/mol. The van der Waals surface area contributed by atoms with Crippen molar-refractivity contribution in [2.75, 3.05) is 11.9 Å². The average molecular weight is 394 g/mol. The highest BCUT2D eigenvalue weighted by atomic mass is 19.1. The molecule has 0 aliphatic carbocycles. The lowest BCUT2D eigenvalue weighted by atomic mass is 10.1. The molecule has 0 saturated carbocycles. The second-order valence-corrected chi connectivity index (χ2v) is 6.98. The maximum absolute atomic E-state index is 13.1. The first-order chi connectivity index (χ1) is 14.1. The Labute approximate surface area is 167 Å². The highest BCUT2D eigenvalue weighted by Crippen LogP contribution is 2.32. The van der Waals surface area contributed by atoms with Crippen LogP contribution in [0.3, 0.4) is 0 Å². The standard InChI is InChI=1S/C22H20F2N4O/c23-16-8-6-15(7-9-16)13-22(29)28-12-2-4-19(28)18-3-1-5-21(26-18)27-20-11-10-17(24)14-25-20/h1,3,5-11,14,19H,2,4,12-13H2,(H,25,26,27)/t19-/m1/s1. The van der Waals surface area contributed by atoms with Crippen molar-refractivity contribution >= 4 is 17.5 Å². The average Bonchev–Trinajstić information content (AvgIpc) is 3.22. The molecule has 3 aromatic rings. The van der Waals surface area contributed by atoms with E-state index >= 15 is 0 Å². The zero-order valence-electron chi connectivity index (χ0n) is 15.7. The van der Waals surface area contributed by atoms with Crippen molar-refractivity contribution in [3.8, 4) is 0 Å². The number of pyridine rings is 2. The van der Waals surface area contributed by atoms with E-state index in [9.17, 15) is 13.6 Å². The Bertz CT molecular complexity index is 992. The summed E-state index contributed by atoms with van der Waals surface area (Å²) < 4.78 is 26.1. The van der Waals surface area contributed by atoms with Crippen LogP contribution in [0, 0.1) is 11.6 Å². The van der Waals surface area contributed by atoms with E-state index in [2.05, 4.69) is 15.3 Å². The van der Waals surface area contributed by atoms with Crippen molar-refractivity contribution in [1.29, 1.82) is 0 Å². The van der Waals surface area contributed by atoms with Gasteiger partial charge in [0, 0.05) is 6.54 Å². The Balaban J connectivity index is 1.48. The number of carbonyl (C=O) groups is 1. The molecule has 0 unspecified atom stereocenters. The van der Waals surface area contributed by atoms with Gasteiger partial charge in [-0.15, -0.1) is 0 Å². The first-order valence-electron chi connectivity index (χ1n) is 9.48. The normalized spacial score (nSPS) is 16.1. The quantitative estimate of drug-likeness (QED) is 0.697. The van der Waals surface area contributed by atoms with Crippen LogP contribution in [0.25, 0.3) is 0 Å². The van der Waals surface area contributed by atoms with E-state index in [0.717, 1.165) is 30.3 Å². The fourth-order valence-corrected chi connectivity index (χ4v) is 3.54. The van der Waals surface area contributed by atoms with Gasteiger partial charge in [0.1, 0.15) is 23.3 Å². The van der Waals surface area contributed by atoms with Crippen molar-refractivity contribution in [1.82, 2.24) is 14.9 Å². The number of aromatic nitrogens is 2. The molecule has 1 amide bonds. The van der Waals surface area contributed by atoms with Gasteiger partial charge in [0.2, 0.25) is 5.91 Å². The maximum Gasteiger partial charge on any atom is 0.227 e. The summed E-state index contributed by atoms with van der Waals surface area (Å²) in [6, 6.07) is 14.3. The molecule has 29 heavy (non-hydrogen) atoms. The molecular formula is C22H20F2N4O. The monoisotopic (exact) mass is 394 g/mol. The summed E-state index contributed by atoms with van der Waals surface area (Å²) in [6.07, 6.45) is 3.10. The molecule has 5 nitrogen and oxygen atoms in total. The van der Waals surface area contributed by atoms with Crippen molar-refractivity contribution in [3.63, 3.8) is 0 Å². The van der Waals surface area contributed by atoms with Gasteiger partial charge in [-0.2, -0.15) is 0 Å². The third-order valence-corrected chi connectivity index (χ3v) is 4.94. The van der Waals surface area contributed by atoms with E-state index in [4.69, 9.17) is 0 Å². The fourth-order valence-electron chi connectivity index (χ4n) is 3.54. The summed E-state index contributed by atoms with van der Waals surface area (Å²) in [7, 11) is 0. The molecule has 7 heteroatoms. The van der Waals surface area contributed by atoms with Crippen LogP contribution in [0.15, 0.2) is 60.8 Å². The molecule has 1 aliphatic heterocycles. The van der Waals surface area contributed by atoms with Crippen LogP contribution in [0.5, 0.6) is 0 Å². The van der Waals surface area contributed by atoms with Crippen LogP contribution in [0.1, 0.15) is 30.1 Å². The molecule has 3 heterocycles. The molecule has 148 valence electrons. The third kappa shape index (κ3) is 4.56. The molecule has 1 aromatic carbocycles. The maximum atomic E-state index is 13.1. The molecule has 1 saturated heterocycles. The molecule has 4 rings (SSSR count). The smallest absolute Gasteiger partial charge is 0.227 e. The number of nitrogens with zero attached hydrogens (tertiary/aromatic N) is 3. The van der Waals surface area contributed by atoms with Gasteiger partial charge in [-0.05, 0) is 54.8 Å². The zero-order valence-corrected chi connectivity index (χ0v) is 15.7. The van der Waals surface area contributed by atoms with Crippen molar-refractivity contribution in [3.05, 3.63) is 83.7 Å². The molecule has 0 bridgehead atoms. The van der Waals surface area contributed by atoms with Gasteiger partial charge in [0.05, 0.1) is 24.4 Å². The number of rotatable bonds is 5. The van der Waals surface area contributed by atoms with E-state index < -0.39 is 5.82 Å². The molecule has 1 aliphatic rings. The topological polar surface area (TPSA) is 58.1 Å². The van der Waals surface area contributed by atoms with Gasteiger partial charge < -0.3 is 10.2 Å². The third-order valence-electron chi connectivity index (χ3n) is 4.94. The Morgan fingerprint density at radius 1 is 1.03 bits per heavy atom. The molecule has 1 fully saturated rings. The van der Waals surface area contributed by atoms with Gasteiger partial charge >= 0.3 is 0 Å². The van der Waals surface area contributed by atoms with Gasteiger partial charge in [0.15, 0.2) is 0 Å². The lowest BCUT2D eigenvalue weighted by Crippen LogP contribution is -2.32. The first-order valence-corrected chi connectivity index (χ1v) is 9.48. The summed E-state index contributed by atoms with van der Waals surface area (Å²) in [5, 5.41) is 3.06. The Morgan fingerprint density at radius 2 is 1.83 bits per heavy atom. The van der Waals surface area contributed by atoms with Gasteiger partial charge in [0.25, 0.3) is 0 Å². The van der Waals surface area contributed by atoms with E-state index in [0.29, 0.717) is 18.2 Å². The van der Waals surface area contributed by atoms with Crippen molar-refractivity contribution in [2.45, 2.75) is 25.3 Å². The minimum atomic E-state index is -0.404. The number of carbonyl (C=O) groups excluding carboxylic acids is 1. The minimum absolute atomic E-state index is 0.000489. The van der Waals surface area contributed by atoms with Gasteiger partial charge in [-0.3, -0.25) is 4.79 Å². The lowest BCUT2D eigenvalue weighted by molar-refractivity contribution is -0.131. The molecule has 2 aromatic heterocycles.